The molecule has 2 amide bonds. The van der Waals surface area contributed by atoms with E-state index in [0.717, 1.165) is 5.56 Å². The molecule has 0 bridgehead atoms. The molecule has 0 spiro atoms. The molecule has 0 radical (unpaired) electrons. The summed E-state index contributed by atoms with van der Waals surface area (Å²) in [4.78, 5) is 11.7. The maximum absolute atomic E-state index is 11.7. The van der Waals surface area contributed by atoms with Crippen molar-refractivity contribution in [1.29, 1.82) is 0 Å². The molecule has 7 nitrogen and oxygen atoms in total. The largest absolute Gasteiger partial charge is 0.333 e. The van der Waals surface area contributed by atoms with Gasteiger partial charge in [-0.3, -0.25) is 0 Å². The van der Waals surface area contributed by atoms with Crippen molar-refractivity contribution in [2.75, 3.05) is 5.32 Å². The number of anilines is 1. The third-order valence-corrected chi connectivity index (χ3v) is 2.23. The normalized spacial score (nSPS) is 11.1. The van der Waals surface area contributed by atoms with Crippen LogP contribution in [0, 0.1) is 0 Å². The minimum absolute atomic E-state index is 0.236. The smallest absolute Gasteiger partial charge is 0.319 e. The minimum Gasteiger partial charge on any atom is -0.333 e. The van der Waals surface area contributed by atoms with Crippen LogP contribution in [0.3, 0.4) is 0 Å². The quantitative estimate of drug-likeness (QED) is 0.767. The van der Waals surface area contributed by atoms with Crippen LogP contribution >= 0.6 is 0 Å². The summed E-state index contributed by atoms with van der Waals surface area (Å²) in [7, 11) is 0. The molecule has 19 heavy (non-hydrogen) atoms. The van der Waals surface area contributed by atoms with Gasteiger partial charge in [-0.25, -0.2) is 4.79 Å². The van der Waals surface area contributed by atoms with Crippen LogP contribution in [0.2, 0.25) is 0 Å². The van der Waals surface area contributed by atoms with Gasteiger partial charge in [0, 0.05) is 16.8 Å². The zero-order valence-electron chi connectivity index (χ0n) is 11.1. The summed E-state index contributed by atoms with van der Waals surface area (Å²) in [5.74, 6) is 0.519. The van der Waals surface area contributed by atoms with Crippen LogP contribution in [0.4, 0.5) is 10.5 Å². The number of nitrogens with zero attached hydrogens (tertiary/aromatic N) is 3. The van der Waals surface area contributed by atoms with Gasteiger partial charge in [-0.05, 0) is 50.3 Å². The lowest BCUT2D eigenvalue weighted by Crippen LogP contribution is -2.43. The van der Waals surface area contributed by atoms with Crippen molar-refractivity contribution in [2.24, 2.45) is 0 Å². The molecule has 0 saturated carbocycles. The Morgan fingerprint density at radius 2 is 1.89 bits per heavy atom. The molecular formula is C12H16N6O. The second-order valence-corrected chi connectivity index (χ2v) is 5.14. The van der Waals surface area contributed by atoms with E-state index in [2.05, 4.69) is 31.3 Å². The number of rotatable bonds is 2. The summed E-state index contributed by atoms with van der Waals surface area (Å²) in [6, 6.07) is 6.97. The molecule has 0 unspecified atom stereocenters. The van der Waals surface area contributed by atoms with Crippen LogP contribution in [0.1, 0.15) is 20.8 Å². The lowest BCUT2D eigenvalue weighted by molar-refractivity contribution is 0.244. The topological polar surface area (TPSA) is 95.6 Å². The van der Waals surface area contributed by atoms with E-state index in [1.165, 1.54) is 0 Å². The Labute approximate surface area is 110 Å². The standard InChI is InChI=1S/C12H16N6O/c1-12(2,3)14-11(19)13-9-6-4-8(5-7-9)10-15-17-18-16-10/h4-7H,1-3H3,(H2,13,14,19)(H,15,16,17,18). The number of aromatic nitrogens is 4. The van der Waals surface area contributed by atoms with Crippen molar-refractivity contribution >= 4 is 11.7 Å². The summed E-state index contributed by atoms with van der Waals surface area (Å²) in [6.45, 7) is 5.77. The number of H-pyrrole nitrogens is 1. The summed E-state index contributed by atoms with van der Waals surface area (Å²) in [6.07, 6.45) is 0. The lowest BCUT2D eigenvalue weighted by atomic mass is 10.1. The fourth-order valence-corrected chi connectivity index (χ4v) is 1.49. The number of tetrazole rings is 1. The first kappa shape index (κ1) is 13.0. The highest BCUT2D eigenvalue weighted by atomic mass is 16.2. The molecule has 0 fully saturated rings. The maximum Gasteiger partial charge on any atom is 0.319 e. The molecular weight excluding hydrogens is 244 g/mol. The molecule has 0 aliphatic carbocycles. The highest BCUT2D eigenvalue weighted by Crippen LogP contribution is 2.16. The fourth-order valence-electron chi connectivity index (χ4n) is 1.49. The van der Waals surface area contributed by atoms with Gasteiger partial charge in [0.05, 0.1) is 0 Å². The number of hydrogen-bond acceptors (Lipinski definition) is 4. The number of urea groups is 1. The number of amides is 2. The second kappa shape index (κ2) is 5.05. The Hall–Kier alpha value is -2.44. The van der Waals surface area contributed by atoms with Gasteiger partial charge >= 0.3 is 6.03 Å². The minimum atomic E-state index is -0.269. The zero-order valence-corrected chi connectivity index (χ0v) is 11.1. The highest BCUT2D eigenvalue weighted by molar-refractivity contribution is 5.89. The van der Waals surface area contributed by atoms with Crippen LogP contribution in [0.15, 0.2) is 24.3 Å². The van der Waals surface area contributed by atoms with E-state index in [-0.39, 0.29) is 11.6 Å². The van der Waals surface area contributed by atoms with Crippen molar-refractivity contribution in [2.45, 2.75) is 26.3 Å². The van der Waals surface area contributed by atoms with Crippen molar-refractivity contribution in [3.05, 3.63) is 24.3 Å². The molecule has 0 saturated heterocycles. The van der Waals surface area contributed by atoms with Gasteiger partial charge in [-0.2, -0.15) is 5.21 Å². The number of benzene rings is 1. The number of hydrogen-bond donors (Lipinski definition) is 3. The van der Waals surface area contributed by atoms with Crippen molar-refractivity contribution in [1.82, 2.24) is 25.9 Å². The van der Waals surface area contributed by atoms with Crippen molar-refractivity contribution in [3.8, 4) is 11.4 Å². The Morgan fingerprint density at radius 1 is 1.21 bits per heavy atom. The number of nitrogens with one attached hydrogen (secondary N) is 3. The molecule has 0 atom stereocenters. The van der Waals surface area contributed by atoms with Crippen molar-refractivity contribution in [3.63, 3.8) is 0 Å². The van der Waals surface area contributed by atoms with Crippen LogP contribution in [-0.4, -0.2) is 32.2 Å². The molecule has 0 aliphatic heterocycles. The molecule has 2 rings (SSSR count). The van der Waals surface area contributed by atoms with Gasteiger partial charge in [0.25, 0.3) is 0 Å². The number of carbonyl (C=O) groups is 1. The zero-order chi connectivity index (χ0) is 13.9. The van der Waals surface area contributed by atoms with Gasteiger partial charge < -0.3 is 10.6 Å². The Bertz CT molecular complexity index is 541. The third-order valence-electron chi connectivity index (χ3n) is 2.23. The van der Waals surface area contributed by atoms with Gasteiger partial charge in [0.2, 0.25) is 5.82 Å². The average Bonchev–Trinajstić information content (AvgIpc) is 2.80. The monoisotopic (exact) mass is 260 g/mol. The Balaban J connectivity index is 2.01. The first-order chi connectivity index (χ1) is 8.94. The van der Waals surface area contributed by atoms with E-state index in [4.69, 9.17) is 0 Å². The number of aromatic amines is 1. The molecule has 3 N–H and O–H groups in total. The first-order valence-corrected chi connectivity index (χ1v) is 5.87. The average molecular weight is 260 g/mol. The summed E-state index contributed by atoms with van der Waals surface area (Å²) in [5.41, 5.74) is 1.26. The highest BCUT2D eigenvalue weighted by Gasteiger charge is 2.13. The van der Waals surface area contributed by atoms with E-state index >= 15 is 0 Å². The third kappa shape index (κ3) is 3.77. The maximum atomic E-state index is 11.7. The Morgan fingerprint density at radius 3 is 2.42 bits per heavy atom. The van der Waals surface area contributed by atoms with Gasteiger partial charge in [-0.15, -0.1) is 10.2 Å². The molecule has 1 aromatic heterocycles. The molecule has 7 heteroatoms. The first-order valence-electron chi connectivity index (χ1n) is 5.87. The van der Waals surface area contributed by atoms with E-state index in [0.29, 0.717) is 11.5 Å². The van der Waals surface area contributed by atoms with Crippen LogP contribution in [0.5, 0.6) is 0 Å². The molecule has 0 aliphatic rings. The lowest BCUT2D eigenvalue weighted by Gasteiger charge is -2.20. The van der Waals surface area contributed by atoms with Crippen LogP contribution in [0.25, 0.3) is 11.4 Å². The van der Waals surface area contributed by atoms with E-state index in [1.807, 2.05) is 32.9 Å². The van der Waals surface area contributed by atoms with E-state index in [9.17, 15) is 4.79 Å². The SMILES string of the molecule is CC(C)(C)NC(=O)Nc1ccc(-c2nn[nH]n2)cc1. The van der Waals surface area contributed by atoms with E-state index in [1.54, 1.807) is 12.1 Å². The van der Waals surface area contributed by atoms with E-state index < -0.39 is 0 Å². The van der Waals surface area contributed by atoms with Crippen molar-refractivity contribution < 1.29 is 4.79 Å². The van der Waals surface area contributed by atoms with Gasteiger partial charge in [0.1, 0.15) is 0 Å². The second-order valence-electron chi connectivity index (χ2n) is 5.14. The predicted molar refractivity (Wildman–Crippen MR) is 71.5 cm³/mol. The molecule has 1 heterocycles. The molecule has 100 valence electrons. The Kier molecular flexibility index (Phi) is 3.46. The molecule has 2 aromatic rings. The predicted octanol–water partition coefficient (Wildman–Crippen LogP) is 1.79. The van der Waals surface area contributed by atoms with Crippen LogP contribution < -0.4 is 10.6 Å². The number of carbonyl (C=O) groups excluding carboxylic acids is 1. The van der Waals surface area contributed by atoms with Crippen LogP contribution in [-0.2, 0) is 0 Å². The summed E-state index contributed by atoms with van der Waals surface area (Å²) < 4.78 is 0. The fraction of sp³-hybridized carbons (Fsp3) is 0.333. The van der Waals surface area contributed by atoms with Gasteiger partial charge in [0.15, 0.2) is 0 Å². The summed E-state index contributed by atoms with van der Waals surface area (Å²) >= 11 is 0. The molecule has 1 aromatic carbocycles. The summed E-state index contributed by atoms with van der Waals surface area (Å²) in [5, 5.41) is 19.2. The van der Waals surface area contributed by atoms with Gasteiger partial charge in [-0.1, -0.05) is 0 Å².